The Kier molecular flexibility index (Phi) is 10.3. The summed E-state index contributed by atoms with van der Waals surface area (Å²) in [5, 5.41) is 3.04. The van der Waals surface area contributed by atoms with Crippen LogP contribution in [0.25, 0.3) is 0 Å². The molecule has 0 aliphatic rings. The van der Waals surface area contributed by atoms with Crippen LogP contribution in [0, 0.1) is 5.82 Å². The number of nitrogens with one attached hydrogen (secondary N) is 1. The van der Waals surface area contributed by atoms with Crippen molar-refractivity contribution in [2.45, 2.75) is 58.2 Å². The average molecular weight is 521 g/mol. The Bertz CT molecular complexity index is 1160. The zero-order chi connectivity index (χ0) is 27.5. The van der Waals surface area contributed by atoms with Crippen molar-refractivity contribution in [3.05, 3.63) is 95.8 Å². The smallest absolute Gasteiger partial charge is 0.243 e. The molecule has 0 bridgehead atoms. The Morgan fingerprint density at radius 3 is 2.13 bits per heavy atom. The van der Waals surface area contributed by atoms with Gasteiger partial charge < -0.3 is 19.7 Å². The van der Waals surface area contributed by atoms with Crippen molar-refractivity contribution in [2.24, 2.45) is 0 Å². The molecule has 0 unspecified atom stereocenters. The molecule has 0 fully saturated rings. The second-order valence-corrected chi connectivity index (χ2v) is 10.2. The molecule has 0 aliphatic carbocycles. The van der Waals surface area contributed by atoms with Gasteiger partial charge in [-0.1, -0.05) is 42.5 Å². The predicted octanol–water partition coefficient (Wildman–Crippen LogP) is 5.55. The molecule has 3 aromatic rings. The van der Waals surface area contributed by atoms with Crippen LogP contribution < -0.4 is 14.8 Å². The fourth-order valence-electron chi connectivity index (χ4n) is 4.02. The fourth-order valence-corrected chi connectivity index (χ4v) is 4.02. The third-order valence-corrected chi connectivity index (χ3v) is 5.90. The molecule has 0 saturated carbocycles. The van der Waals surface area contributed by atoms with Crippen molar-refractivity contribution in [3.63, 3.8) is 0 Å². The zero-order valence-electron chi connectivity index (χ0n) is 22.6. The van der Waals surface area contributed by atoms with Crippen molar-refractivity contribution in [3.8, 4) is 11.5 Å². The third-order valence-electron chi connectivity index (χ3n) is 5.90. The van der Waals surface area contributed by atoms with E-state index in [2.05, 4.69) is 5.32 Å². The van der Waals surface area contributed by atoms with Gasteiger partial charge in [0.1, 0.15) is 23.4 Å². The van der Waals surface area contributed by atoms with E-state index in [1.165, 1.54) is 12.1 Å². The first kappa shape index (κ1) is 28.7. The monoisotopic (exact) mass is 520 g/mol. The molecule has 202 valence electrons. The molecule has 6 nitrogen and oxygen atoms in total. The first-order valence-electron chi connectivity index (χ1n) is 12.8. The van der Waals surface area contributed by atoms with E-state index in [9.17, 15) is 14.0 Å². The van der Waals surface area contributed by atoms with Gasteiger partial charge in [0.05, 0.1) is 13.7 Å². The van der Waals surface area contributed by atoms with Crippen LogP contribution in [0.4, 0.5) is 4.39 Å². The van der Waals surface area contributed by atoms with Gasteiger partial charge in [-0.3, -0.25) is 9.59 Å². The van der Waals surface area contributed by atoms with Crippen LogP contribution in [0.1, 0.15) is 44.7 Å². The number of rotatable bonds is 12. The molecule has 0 aromatic heterocycles. The number of carbonyl (C=O) groups is 2. The largest absolute Gasteiger partial charge is 0.497 e. The van der Waals surface area contributed by atoms with E-state index in [1.807, 2.05) is 75.4 Å². The topological polar surface area (TPSA) is 67.9 Å². The van der Waals surface area contributed by atoms with Crippen molar-refractivity contribution in [1.82, 2.24) is 10.2 Å². The van der Waals surface area contributed by atoms with Crippen LogP contribution in [-0.4, -0.2) is 42.0 Å². The van der Waals surface area contributed by atoms with Crippen LogP contribution in [0.2, 0.25) is 0 Å². The molecule has 0 aliphatic heterocycles. The third kappa shape index (κ3) is 9.21. The molecule has 1 N–H and O–H groups in total. The number of amides is 2. The lowest BCUT2D eigenvalue weighted by Crippen LogP contribution is -2.54. The highest BCUT2D eigenvalue weighted by Crippen LogP contribution is 2.19. The van der Waals surface area contributed by atoms with Gasteiger partial charge in [0.25, 0.3) is 0 Å². The number of methoxy groups -OCH3 is 1. The highest BCUT2D eigenvalue weighted by Gasteiger charge is 2.32. The minimum absolute atomic E-state index is 0.169. The Hall–Kier alpha value is -3.87. The quantitative estimate of drug-likeness (QED) is 0.318. The van der Waals surface area contributed by atoms with Crippen LogP contribution >= 0.6 is 0 Å². The molecule has 2 amide bonds. The summed E-state index contributed by atoms with van der Waals surface area (Å²) in [5.74, 6) is 0.674. The summed E-state index contributed by atoms with van der Waals surface area (Å²) in [4.78, 5) is 28.7. The Balaban J connectivity index is 1.78. The number of hydrogen-bond acceptors (Lipinski definition) is 4. The van der Waals surface area contributed by atoms with Crippen LogP contribution in [0.5, 0.6) is 11.5 Å². The molecule has 3 aromatic carbocycles. The minimum atomic E-state index is -0.739. The molecule has 3 rings (SSSR count). The molecular formula is C31H37FN2O4. The molecule has 0 radical (unpaired) electrons. The minimum Gasteiger partial charge on any atom is -0.497 e. The molecule has 0 heterocycles. The Morgan fingerprint density at radius 2 is 1.53 bits per heavy atom. The summed E-state index contributed by atoms with van der Waals surface area (Å²) in [6.45, 7) is 6.26. The van der Waals surface area contributed by atoms with Gasteiger partial charge in [0.15, 0.2) is 0 Å². The van der Waals surface area contributed by atoms with E-state index in [4.69, 9.17) is 9.47 Å². The summed E-state index contributed by atoms with van der Waals surface area (Å²) in [7, 11) is 1.60. The predicted molar refractivity (Wildman–Crippen MR) is 147 cm³/mol. The van der Waals surface area contributed by atoms with E-state index in [-0.39, 0.29) is 30.6 Å². The van der Waals surface area contributed by atoms with Gasteiger partial charge >= 0.3 is 0 Å². The Morgan fingerprint density at radius 1 is 0.895 bits per heavy atom. The van der Waals surface area contributed by atoms with Crippen LogP contribution in [0.3, 0.4) is 0 Å². The number of nitrogens with zero attached hydrogens (tertiary/aromatic N) is 1. The zero-order valence-corrected chi connectivity index (χ0v) is 22.6. The molecule has 0 saturated heterocycles. The van der Waals surface area contributed by atoms with E-state index in [0.29, 0.717) is 25.2 Å². The molecule has 7 heteroatoms. The summed E-state index contributed by atoms with van der Waals surface area (Å²) in [6.07, 6.45) is 1.03. The van der Waals surface area contributed by atoms with Crippen LogP contribution in [0.15, 0.2) is 78.9 Å². The summed E-state index contributed by atoms with van der Waals surface area (Å²) < 4.78 is 24.5. The van der Waals surface area contributed by atoms with Gasteiger partial charge in [-0.15, -0.1) is 0 Å². The average Bonchev–Trinajstić information content (AvgIpc) is 2.89. The second kappa shape index (κ2) is 13.6. The maximum atomic E-state index is 13.6. The summed E-state index contributed by atoms with van der Waals surface area (Å²) >= 11 is 0. The Labute approximate surface area is 224 Å². The van der Waals surface area contributed by atoms with Crippen molar-refractivity contribution < 1.29 is 23.5 Å². The lowest BCUT2D eigenvalue weighted by molar-refractivity contribution is -0.142. The SMILES string of the molecule is COc1ccc(OCCCC(=O)N(Cc2ccc(F)cc2)[C@H](Cc2ccccc2)C(=O)NC(C)(C)C)cc1. The van der Waals surface area contributed by atoms with E-state index < -0.39 is 11.6 Å². The van der Waals surface area contributed by atoms with Crippen molar-refractivity contribution in [1.29, 1.82) is 0 Å². The first-order chi connectivity index (χ1) is 18.1. The van der Waals surface area contributed by atoms with Crippen molar-refractivity contribution in [2.75, 3.05) is 13.7 Å². The highest BCUT2D eigenvalue weighted by atomic mass is 19.1. The van der Waals surface area contributed by atoms with Gasteiger partial charge in [-0.2, -0.15) is 0 Å². The van der Waals surface area contributed by atoms with Crippen LogP contribution in [-0.2, 0) is 22.6 Å². The standard InChI is InChI=1S/C31H37FN2O4/c1-31(2,3)33-30(36)28(21-23-9-6-5-7-10-23)34(22-24-12-14-25(32)15-13-24)29(35)11-8-20-38-27-18-16-26(37-4)17-19-27/h5-7,9-10,12-19,28H,8,11,20-22H2,1-4H3,(H,33,36)/t28-/m1/s1. The number of benzene rings is 3. The van der Waals surface area contributed by atoms with Gasteiger partial charge in [-0.25, -0.2) is 4.39 Å². The fraction of sp³-hybridized carbons (Fsp3) is 0.355. The summed E-state index contributed by atoms with van der Waals surface area (Å²) in [6, 6.07) is 22.2. The number of halogens is 1. The lowest BCUT2D eigenvalue weighted by atomic mass is 10.00. The van der Waals surface area contributed by atoms with E-state index >= 15 is 0 Å². The maximum absolute atomic E-state index is 13.6. The summed E-state index contributed by atoms with van der Waals surface area (Å²) in [5.41, 5.74) is 1.22. The van der Waals surface area contributed by atoms with Gasteiger partial charge in [0, 0.05) is 24.9 Å². The molecular weight excluding hydrogens is 483 g/mol. The molecule has 1 atom stereocenters. The van der Waals surface area contributed by atoms with E-state index in [1.54, 1.807) is 24.1 Å². The lowest BCUT2D eigenvalue weighted by Gasteiger charge is -2.34. The maximum Gasteiger partial charge on any atom is 0.243 e. The van der Waals surface area contributed by atoms with Gasteiger partial charge in [0.2, 0.25) is 11.8 Å². The molecule has 0 spiro atoms. The second-order valence-electron chi connectivity index (χ2n) is 10.2. The molecule has 38 heavy (non-hydrogen) atoms. The highest BCUT2D eigenvalue weighted by molar-refractivity contribution is 5.88. The van der Waals surface area contributed by atoms with Gasteiger partial charge in [-0.05, 0) is 74.7 Å². The number of carbonyl (C=O) groups excluding carboxylic acids is 2. The van der Waals surface area contributed by atoms with Crippen molar-refractivity contribution >= 4 is 11.8 Å². The number of ether oxygens (including phenoxy) is 2. The first-order valence-corrected chi connectivity index (χ1v) is 12.8. The normalized spacial score (nSPS) is 11.9. The number of hydrogen-bond donors (Lipinski definition) is 1. The van der Waals surface area contributed by atoms with E-state index in [0.717, 1.165) is 16.9 Å².